The third kappa shape index (κ3) is 5.22. The van der Waals surface area contributed by atoms with E-state index in [0.29, 0.717) is 53.0 Å². The lowest BCUT2D eigenvalue weighted by molar-refractivity contribution is 0.0948. The molecule has 10 heteroatoms. The molecule has 0 saturated heterocycles. The molecule has 3 rings (SSSR count). The van der Waals surface area contributed by atoms with Crippen LogP contribution >= 0.6 is 0 Å². The first-order valence-corrected chi connectivity index (χ1v) is 11.6. The Hall–Kier alpha value is -3.82. The van der Waals surface area contributed by atoms with Gasteiger partial charge in [-0.2, -0.15) is 0 Å². The molecule has 1 aliphatic heterocycles. The third-order valence-corrected chi connectivity index (χ3v) is 6.20. The van der Waals surface area contributed by atoms with Gasteiger partial charge >= 0.3 is 6.09 Å². The minimum atomic E-state index is -0.432. The summed E-state index contributed by atoms with van der Waals surface area (Å²) >= 11 is 0. The zero-order valence-electron chi connectivity index (χ0n) is 21.8. The van der Waals surface area contributed by atoms with Crippen molar-refractivity contribution in [3.8, 4) is 28.7 Å². The Balaban J connectivity index is 1.92. The van der Waals surface area contributed by atoms with Gasteiger partial charge in [-0.15, -0.1) is 0 Å². The Morgan fingerprint density at radius 1 is 0.889 bits per heavy atom. The van der Waals surface area contributed by atoms with E-state index in [9.17, 15) is 9.59 Å². The van der Waals surface area contributed by atoms with Crippen LogP contribution < -0.4 is 33.9 Å². The average Bonchev–Trinajstić information content (AvgIpc) is 2.89. The minimum Gasteiger partial charge on any atom is -0.493 e. The highest BCUT2D eigenvalue weighted by atomic mass is 16.6. The van der Waals surface area contributed by atoms with Crippen LogP contribution in [0.25, 0.3) is 0 Å². The van der Waals surface area contributed by atoms with Crippen molar-refractivity contribution < 1.29 is 38.0 Å². The Morgan fingerprint density at radius 3 is 2.00 bits per heavy atom. The number of ether oxygens (including phenoxy) is 6. The fraction of sp³-hybridized carbons (Fsp3) is 0.462. The molecule has 2 atom stereocenters. The quantitative estimate of drug-likeness (QED) is 0.549. The molecule has 2 amide bonds. The fourth-order valence-electron chi connectivity index (χ4n) is 4.50. The largest absolute Gasteiger partial charge is 0.493 e. The lowest BCUT2D eigenvalue weighted by Gasteiger charge is -2.39. The van der Waals surface area contributed by atoms with E-state index in [2.05, 4.69) is 5.32 Å². The van der Waals surface area contributed by atoms with Crippen molar-refractivity contribution in [2.75, 3.05) is 53.6 Å². The Morgan fingerprint density at radius 2 is 1.47 bits per heavy atom. The van der Waals surface area contributed by atoms with Crippen molar-refractivity contribution in [3.63, 3.8) is 0 Å². The molecule has 0 fully saturated rings. The summed E-state index contributed by atoms with van der Waals surface area (Å²) in [4.78, 5) is 27.5. The summed E-state index contributed by atoms with van der Waals surface area (Å²) in [6.07, 6.45) is 0.176. The zero-order chi connectivity index (χ0) is 26.4. The van der Waals surface area contributed by atoms with E-state index in [-0.39, 0.29) is 24.5 Å². The second kappa shape index (κ2) is 11.7. The van der Waals surface area contributed by atoms with Gasteiger partial charge in [-0.25, -0.2) is 4.79 Å². The SMILES string of the molecule is CCOC(=O)N1c2cc(OC)c(OC)cc2C(CNC(=O)c2cc(OC)c(OC)c(OC)c2)CC1C. The Kier molecular flexibility index (Phi) is 8.73. The summed E-state index contributed by atoms with van der Waals surface area (Å²) in [6, 6.07) is 6.66. The van der Waals surface area contributed by atoms with E-state index in [0.717, 1.165) is 5.56 Å². The molecule has 0 radical (unpaired) electrons. The van der Waals surface area contributed by atoms with E-state index in [1.54, 1.807) is 44.2 Å². The predicted molar refractivity (Wildman–Crippen MR) is 134 cm³/mol. The third-order valence-electron chi connectivity index (χ3n) is 6.20. The molecule has 1 aliphatic rings. The predicted octanol–water partition coefficient (Wildman–Crippen LogP) is 4.00. The summed E-state index contributed by atoms with van der Waals surface area (Å²) in [6.45, 7) is 4.31. The van der Waals surface area contributed by atoms with Crippen LogP contribution in [0.4, 0.5) is 10.5 Å². The standard InChI is InChI=1S/C26H34N2O8/c1-8-36-26(30)28-15(2)9-17(18-12-20(31-3)21(32-4)13-19(18)28)14-27-25(29)16-10-22(33-5)24(35-7)23(11-16)34-6/h10-13,15,17H,8-9,14H2,1-7H3,(H,27,29). The number of fused-ring (bicyclic) bond motifs is 1. The molecule has 0 saturated carbocycles. The molecule has 2 aromatic carbocycles. The molecule has 1 N–H and O–H groups in total. The summed E-state index contributed by atoms with van der Waals surface area (Å²) in [5, 5.41) is 3.01. The topological polar surface area (TPSA) is 105 Å². The smallest absolute Gasteiger partial charge is 0.414 e. The monoisotopic (exact) mass is 502 g/mol. The van der Waals surface area contributed by atoms with Gasteiger partial charge in [-0.1, -0.05) is 0 Å². The van der Waals surface area contributed by atoms with Crippen molar-refractivity contribution in [1.82, 2.24) is 5.32 Å². The first-order valence-electron chi connectivity index (χ1n) is 11.6. The number of nitrogens with zero attached hydrogens (tertiary/aromatic N) is 1. The van der Waals surface area contributed by atoms with Crippen LogP contribution in [-0.4, -0.2) is 66.7 Å². The molecule has 10 nitrogen and oxygen atoms in total. The number of carbonyl (C=O) groups is 2. The van der Waals surface area contributed by atoms with Crippen LogP contribution in [0.3, 0.4) is 0 Å². The first kappa shape index (κ1) is 26.8. The zero-order valence-corrected chi connectivity index (χ0v) is 21.8. The van der Waals surface area contributed by atoms with Crippen molar-refractivity contribution in [1.29, 1.82) is 0 Å². The van der Waals surface area contributed by atoms with Crippen LogP contribution in [-0.2, 0) is 4.74 Å². The van der Waals surface area contributed by atoms with E-state index >= 15 is 0 Å². The summed E-state index contributed by atoms with van der Waals surface area (Å²) in [5.74, 6) is 1.84. The van der Waals surface area contributed by atoms with Gasteiger partial charge in [-0.05, 0) is 44.0 Å². The molecule has 1 heterocycles. The van der Waals surface area contributed by atoms with Crippen molar-refractivity contribution in [2.24, 2.45) is 0 Å². The Labute approximate surface area is 211 Å². The maximum absolute atomic E-state index is 13.1. The molecular weight excluding hydrogens is 468 g/mol. The van der Waals surface area contributed by atoms with Gasteiger partial charge in [0, 0.05) is 30.1 Å². The van der Waals surface area contributed by atoms with Crippen LogP contribution in [0, 0.1) is 0 Å². The maximum Gasteiger partial charge on any atom is 0.414 e. The summed E-state index contributed by atoms with van der Waals surface area (Å²) in [7, 11) is 7.59. The van der Waals surface area contributed by atoms with E-state index < -0.39 is 6.09 Å². The molecule has 36 heavy (non-hydrogen) atoms. The average molecular weight is 503 g/mol. The normalized spacial score (nSPS) is 16.5. The molecule has 0 spiro atoms. The molecular formula is C26H34N2O8. The van der Waals surface area contributed by atoms with Gasteiger partial charge in [0.15, 0.2) is 23.0 Å². The van der Waals surface area contributed by atoms with E-state index in [4.69, 9.17) is 28.4 Å². The van der Waals surface area contributed by atoms with Gasteiger partial charge in [0.25, 0.3) is 5.91 Å². The second-order valence-corrected chi connectivity index (χ2v) is 8.24. The number of methoxy groups -OCH3 is 5. The van der Waals surface area contributed by atoms with Crippen molar-refractivity contribution in [2.45, 2.75) is 32.2 Å². The van der Waals surface area contributed by atoms with Gasteiger partial charge < -0.3 is 33.7 Å². The van der Waals surface area contributed by atoms with Crippen molar-refractivity contribution in [3.05, 3.63) is 35.4 Å². The Bertz CT molecular complexity index is 1080. The molecule has 196 valence electrons. The van der Waals surface area contributed by atoms with Crippen LogP contribution in [0.15, 0.2) is 24.3 Å². The number of amides is 2. The number of hydrogen-bond acceptors (Lipinski definition) is 8. The van der Waals surface area contributed by atoms with Crippen LogP contribution in [0.1, 0.15) is 42.1 Å². The van der Waals surface area contributed by atoms with E-state index in [1.807, 2.05) is 13.0 Å². The second-order valence-electron chi connectivity index (χ2n) is 8.24. The number of anilines is 1. The summed E-state index contributed by atoms with van der Waals surface area (Å²) in [5.41, 5.74) is 1.88. The van der Waals surface area contributed by atoms with Gasteiger partial charge in [-0.3, -0.25) is 9.69 Å². The number of hydrogen-bond donors (Lipinski definition) is 1. The summed E-state index contributed by atoms with van der Waals surface area (Å²) < 4.78 is 32.3. The van der Waals surface area contributed by atoms with Crippen LogP contribution in [0.2, 0.25) is 0 Å². The van der Waals surface area contributed by atoms with Crippen LogP contribution in [0.5, 0.6) is 28.7 Å². The molecule has 0 aliphatic carbocycles. The number of rotatable bonds is 9. The number of carbonyl (C=O) groups excluding carboxylic acids is 2. The number of nitrogens with one attached hydrogen (secondary N) is 1. The molecule has 0 bridgehead atoms. The highest BCUT2D eigenvalue weighted by molar-refractivity contribution is 5.96. The first-order chi connectivity index (χ1) is 17.3. The minimum absolute atomic E-state index is 0.0912. The molecule has 0 aromatic heterocycles. The number of benzene rings is 2. The fourth-order valence-corrected chi connectivity index (χ4v) is 4.50. The highest BCUT2D eigenvalue weighted by Crippen LogP contribution is 2.44. The lowest BCUT2D eigenvalue weighted by atomic mass is 9.85. The molecule has 2 aromatic rings. The highest BCUT2D eigenvalue weighted by Gasteiger charge is 2.36. The molecule has 2 unspecified atom stereocenters. The van der Waals surface area contributed by atoms with Crippen molar-refractivity contribution >= 4 is 17.7 Å². The maximum atomic E-state index is 13.1. The van der Waals surface area contributed by atoms with E-state index in [1.165, 1.54) is 21.3 Å². The van der Waals surface area contributed by atoms with Gasteiger partial charge in [0.05, 0.1) is 47.8 Å². The van der Waals surface area contributed by atoms with Gasteiger partial charge in [0.1, 0.15) is 0 Å². The lowest BCUT2D eigenvalue weighted by Crippen LogP contribution is -2.45. The van der Waals surface area contributed by atoms with Gasteiger partial charge in [0.2, 0.25) is 5.75 Å².